The van der Waals surface area contributed by atoms with E-state index in [4.69, 9.17) is 9.15 Å². The van der Waals surface area contributed by atoms with Crippen molar-refractivity contribution < 1.29 is 14.3 Å². The van der Waals surface area contributed by atoms with Crippen LogP contribution >= 0.6 is 0 Å². The van der Waals surface area contributed by atoms with E-state index in [-0.39, 0.29) is 0 Å². The molecule has 0 aliphatic heterocycles. The maximum absolute atomic E-state index is 9.84. The van der Waals surface area contributed by atoms with Crippen LogP contribution in [0.15, 0.2) is 28.7 Å². The second-order valence-corrected chi connectivity index (χ2v) is 4.30. The molecule has 0 radical (unpaired) electrons. The Morgan fingerprint density at radius 2 is 2.06 bits per heavy atom. The molecule has 0 amide bonds. The molecule has 0 bridgehead atoms. The smallest absolute Gasteiger partial charge is 0.136 e. The lowest BCUT2D eigenvalue weighted by molar-refractivity contribution is 0.0559. The van der Waals surface area contributed by atoms with Gasteiger partial charge in [-0.1, -0.05) is 0 Å². The summed E-state index contributed by atoms with van der Waals surface area (Å²) in [6.45, 7) is 5.99. The summed E-state index contributed by atoms with van der Waals surface area (Å²) in [6, 6.07) is 7.48. The lowest BCUT2D eigenvalue weighted by Gasteiger charge is -2.12. The van der Waals surface area contributed by atoms with E-state index in [1.807, 2.05) is 31.2 Å². The average molecular weight is 220 g/mol. The molecule has 0 fully saturated rings. The molecule has 2 rings (SSSR count). The van der Waals surface area contributed by atoms with Gasteiger partial charge in [-0.2, -0.15) is 0 Å². The predicted molar refractivity (Wildman–Crippen MR) is 62.6 cm³/mol. The minimum atomic E-state index is -0.954. The third-order valence-electron chi connectivity index (χ3n) is 2.40. The zero-order chi connectivity index (χ0) is 11.8. The van der Waals surface area contributed by atoms with E-state index in [2.05, 4.69) is 0 Å². The first-order chi connectivity index (χ1) is 7.50. The topological polar surface area (TPSA) is 42.6 Å². The zero-order valence-corrected chi connectivity index (χ0v) is 9.78. The largest absolute Gasteiger partial charge is 0.494 e. The normalized spacial score (nSPS) is 12.0. The fraction of sp³-hybridized carbons (Fsp3) is 0.385. The van der Waals surface area contributed by atoms with E-state index in [1.165, 1.54) is 0 Å². The Morgan fingerprint density at radius 3 is 2.69 bits per heavy atom. The number of ether oxygens (including phenoxy) is 1. The van der Waals surface area contributed by atoms with Gasteiger partial charge in [0.05, 0.1) is 6.61 Å². The van der Waals surface area contributed by atoms with Crippen molar-refractivity contribution in [2.45, 2.75) is 26.4 Å². The van der Waals surface area contributed by atoms with E-state index in [9.17, 15) is 5.11 Å². The zero-order valence-electron chi connectivity index (χ0n) is 9.78. The first kappa shape index (κ1) is 11.0. The molecule has 3 nitrogen and oxygen atoms in total. The number of benzene rings is 1. The van der Waals surface area contributed by atoms with Crippen LogP contribution in [0, 0.1) is 0 Å². The van der Waals surface area contributed by atoms with Gasteiger partial charge in [-0.25, -0.2) is 0 Å². The molecule has 2 aromatic rings. The minimum Gasteiger partial charge on any atom is -0.494 e. The van der Waals surface area contributed by atoms with Crippen LogP contribution in [-0.2, 0) is 5.60 Å². The fourth-order valence-corrected chi connectivity index (χ4v) is 1.58. The van der Waals surface area contributed by atoms with Gasteiger partial charge in [-0.3, -0.25) is 0 Å². The Labute approximate surface area is 94.6 Å². The highest BCUT2D eigenvalue weighted by molar-refractivity contribution is 5.79. The monoisotopic (exact) mass is 220 g/mol. The lowest BCUT2D eigenvalue weighted by atomic mass is 10.1. The highest BCUT2D eigenvalue weighted by atomic mass is 16.5. The van der Waals surface area contributed by atoms with E-state index >= 15 is 0 Å². The first-order valence-corrected chi connectivity index (χ1v) is 5.40. The molecule has 1 N–H and O–H groups in total. The van der Waals surface area contributed by atoms with Crippen molar-refractivity contribution >= 4 is 11.0 Å². The van der Waals surface area contributed by atoms with Crippen molar-refractivity contribution in [3.63, 3.8) is 0 Å². The number of rotatable bonds is 3. The second kappa shape index (κ2) is 3.83. The molecule has 0 unspecified atom stereocenters. The maximum Gasteiger partial charge on any atom is 0.136 e. The summed E-state index contributed by atoms with van der Waals surface area (Å²) in [5.41, 5.74) is -0.189. The highest BCUT2D eigenvalue weighted by Gasteiger charge is 2.21. The van der Waals surface area contributed by atoms with E-state index in [0.29, 0.717) is 12.4 Å². The van der Waals surface area contributed by atoms with Crippen LogP contribution in [-0.4, -0.2) is 11.7 Å². The van der Waals surface area contributed by atoms with Gasteiger partial charge in [0.15, 0.2) is 0 Å². The average Bonchev–Trinajstić information content (AvgIpc) is 2.60. The summed E-state index contributed by atoms with van der Waals surface area (Å²) >= 11 is 0. The number of fused-ring (bicyclic) bond motifs is 1. The molecule has 0 aliphatic carbocycles. The molecule has 0 saturated carbocycles. The van der Waals surface area contributed by atoms with Gasteiger partial charge in [-0.15, -0.1) is 0 Å². The molecule has 1 aromatic carbocycles. The van der Waals surface area contributed by atoms with Crippen molar-refractivity contribution in [2.24, 2.45) is 0 Å². The standard InChI is InChI=1S/C13H16O3/c1-4-15-10-5-6-11-9(7-10)8-12(16-11)13(2,3)14/h5-8,14H,4H2,1-3H3. The van der Waals surface area contributed by atoms with E-state index < -0.39 is 5.60 Å². The Bertz CT molecular complexity index is 491. The van der Waals surface area contributed by atoms with Crippen molar-refractivity contribution in [1.82, 2.24) is 0 Å². The molecule has 0 aliphatic rings. The third-order valence-corrected chi connectivity index (χ3v) is 2.40. The Hall–Kier alpha value is -1.48. The van der Waals surface area contributed by atoms with Crippen LogP contribution in [0.4, 0.5) is 0 Å². The van der Waals surface area contributed by atoms with Crippen LogP contribution in [0.2, 0.25) is 0 Å². The van der Waals surface area contributed by atoms with Crippen molar-refractivity contribution in [1.29, 1.82) is 0 Å². The lowest BCUT2D eigenvalue weighted by Crippen LogP contribution is -2.13. The third kappa shape index (κ3) is 2.04. The fourth-order valence-electron chi connectivity index (χ4n) is 1.58. The molecule has 3 heteroatoms. The molecule has 16 heavy (non-hydrogen) atoms. The number of hydrogen-bond acceptors (Lipinski definition) is 3. The first-order valence-electron chi connectivity index (χ1n) is 5.40. The summed E-state index contributed by atoms with van der Waals surface area (Å²) in [6.07, 6.45) is 0. The van der Waals surface area contributed by atoms with Crippen molar-refractivity contribution in [3.05, 3.63) is 30.0 Å². The van der Waals surface area contributed by atoms with Gasteiger partial charge < -0.3 is 14.3 Å². The molecule has 0 spiro atoms. The Morgan fingerprint density at radius 1 is 1.31 bits per heavy atom. The molecule has 1 aromatic heterocycles. The van der Waals surface area contributed by atoms with Gasteiger partial charge in [-0.05, 0) is 45.0 Å². The van der Waals surface area contributed by atoms with E-state index in [1.54, 1.807) is 13.8 Å². The molecular formula is C13H16O3. The molecule has 86 valence electrons. The molecule has 0 saturated heterocycles. The van der Waals surface area contributed by atoms with E-state index in [0.717, 1.165) is 16.7 Å². The number of hydrogen-bond donors (Lipinski definition) is 1. The van der Waals surface area contributed by atoms with Gasteiger partial charge in [0.2, 0.25) is 0 Å². The quantitative estimate of drug-likeness (QED) is 0.864. The van der Waals surface area contributed by atoms with Gasteiger partial charge in [0.25, 0.3) is 0 Å². The van der Waals surface area contributed by atoms with Crippen LogP contribution in [0.1, 0.15) is 26.5 Å². The van der Waals surface area contributed by atoms with Crippen LogP contribution in [0.25, 0.3) is 11.0 Å². The summed E-state index contributed by atoms with van der Waals surface area (Å²) in [4.78, 5) is 0. The van der Waals surface area contributed by atoms with Crippen LogP contribution in [0.3, 0.4) is 0 Å². The number of furan rings is 1. The van der Waals surface area contributed by atoms with Crippen molar-refractivity contribution in [3.8, 4) is 5.75 Å². The van der Waals surface area contributed by atoms with Gasteiger partial charge in [0.1, 0.15) is 22.7 Å². The number of aliphatic hydroxyl groups is 1. The van der Waals surface area contributed by atoms with Crippen LogP contribution < -0.4 is 4.74 Å². The summed E-state index contributed by atoms with van der Waals surface area (Å²) in [5, 5.41) is 10.8. The molecule has 0 atom stereocenters. The maximum atomic E-state index is 9.84. The second-order valence-electron chi connectivity index (χ2n) is 4.30. The SMILES string of the molecule is CCOc1ccc2oc(C(C)(C)O)cc2c1. The van der Waals surface area contributed by atoms with Gasteiger partial charge in [0, 0.05) is 5.39 Å². The van der Waals surface area contributed by atoms with Crippen LogP contribution in [0.5, 0.6) is 5.75 Å². The molecule has 1 heterocycles. The molecular weight excluding hydrogens is 204 g/mol. The summed E-state index contributed by atoms with van der Waals surface area (Å²) in [5.74, 6) is 1.38. The minimum absolute atomic E-state index is 0.566. The Kier molecular flexibility index (Phi) is 2.64. The Balaban J connectivity index is 2.46. The van der Waals surface area contributed by atoms with Crippen molar-refractivity contribution in [2.75, 3.05) is 6.61 Å². The van der Waals surface area contributed by atoms with Gasteiger partial charge >= 0.3 is 0 Å². The summed E-state index contributed by atoms with van der Waals surface area (Å²) < 4.78 is 11.0. The highest BCUT2D eigenvalue weighted by Crippen LogP contribution is 2.29. The summed E-state index contributed by atoms with van der Waals surface area (Å²) in [7, 11) is 0. The predicted octanol–water partition coefficient (Wildman–Crippen LogP) is 3.06.